The highest BCUT2D eigenvalue weighted by Crippen LogP contribution is 2.25. The maximum atomic E-state index is 12.6. The predicted octanol–water partition coefficient (Wildman–Crippen LogP) is 3.31. The molecule has 0 amide bonds. The van der Waals surface area contributed by atoms with Crippen LogP contribution < -0.4 is 10.0 Å². The minimum Gasteiger partial charge on any atom is -0.316 e. The van der Waals surface area contributed by atoms with Crippen LogP contribution in [0.2, 0.25) is 5.02 Å². The summed E-state index contributed by atoms with van der Waals surface area (Å²) in [7, 11) is -1.74. The zero-order chi connectivity index (χ0) is 16.1. The van der Waals surface area contributed by atoms with Gasteiger partial charge in [0.1, 0.15) is 0 Å². The maximum absolute atomic E-state index is 12.6. The van der Waals surface area contributed by atoms with E-state index < -0.39 is 15.6 Å². The van der Waals surface area contributed by atoms with E-state index in [0.29, 0.717) is 11.6 Å². The second-order valence-electron chi connectivity index (χ2n) is 5.23. The molecular formula is C15H25ClN2O2S. The van der Waals surface area contributed by atoms with Crippen LogP contribution >= 0.6 is 11.6 Å². The number of nitrogens with one attached hydrogen (secondary N) is 2. The van der Waals surface area contributed by atoms with Gasteiger partial charge in [-0.05, 0) is 44.0 Å². The van der Waals surface area contributed by atoms with Crippen LogP contribution in [0.15, 0.2) is 23.1 Å². The Morgan fingerprint density at radius 2 is 1.71 bits per heavy atom. The Hall–Kier alpha value is -0.620. The first-order valence-corrected chi connectivity index (χ1v) is 9.17. The fourth-order valence-corrected chi connectivity index (χ4v) is 4.29. The minimum absolute atomic E-state index is 0.215. The molecule has 4 nitrogen and oxygen atoms in total. The second-order valence-corrected chi connectivity index (χ2v) is 7.32. The molecule has 0 radical (unpaired) electrons. The lowest BCUT2D eigenvalue weighted by Gasteiger charge is -2.31. The van der Waals surface area contributed by atoms with E-state index >= 15 is 0 Å². The summed E-state index contributed by atoms with van der Waals surface area (Å²) in [6.07, 6.45) is 2.26. The summed E-state index contributed by atoms with van der Waals surface area (Å²) in [5, 5.41) is 3.46. The van der Waals surface area contributed by atoms with Crippen molar-refractivity contribution in [2.24, 2.45) is 0 Å². The molecule has 0 saturated heterocycles. The Balaban J connectivity index is 3.11. The summed E-state index contributed by atoms with van der Waals surface area (Å²) in [5.74, 6) is 0. The van der Waals surface area contributed by atoms with Crippen molar-refractivity contribution in [2.75, 3.05) is 7.05 Å². The molecule has 0 saturated carbocycles. The molecule has 1 rings (SSSR count). The van der Waals surface area contributed by atoms with Crippen molar-refractivity contribution in [3.8, 4) is 0 Å². The lowest BCUT2D eigenvalue weighted by Crippen LogP contribution is -2.46. The quantitative estimate of drug-likeness (QED) is 0.768. The van der Waals surface area contributed by atoms with Gasteiger partial charge in [-0.1, -0.05) is 38.4 Å². The van der Waals surface area contributed by atoms with Crippen molar-refractivity contribution in [1.82, 2.24) is 10.0 Å². The number of sulfonamides is 1. The minimum atomic E-state index is -3.56. The van der Waals surface area contributed by atoms with Crippen molar-refractivity contribution in [1.29, 1.82) is 0 Å². The highest BCUT2D eigenvalue weighted by Gasteiger charge is 2.30. The fourth-order valence-electron chi connectivity index (χ4n) is 2.34. The van der Waals surface area contributed by atoms with Crippen molar-refractivity contribution in [2.45, 2.75) is 57.0 Å². The Kier molecular flexibility index (Phi) is 6.66. The first-order chi connectivity index (χ1) is 9.84. The van der Waals surface area contributed by atoms with Crippen LogP contribution in [0.25, 0.3) is 0 Å². The van der Waals surface area contributed by atoms with Gasteiger partial charge < -0.3 is 5.32 Å². The van der Waals surface area contributed by atoms with Crippen molar-refractivity contribution < 1.29 is 8.42 Å². The average Bonchev–Trinajstić information content (AvgIpc) is 2.47. The molecule has 0 bridgehead atoms. The van der Waals surface area contributed by atoms with Gasteiger partial charge in [0.2, 0.25) is 10.0 Å². The van der Waals surface area contributed by atoms with Crippen molar-refractivity contribution in [3.05, 3.63) is 28.8 Å². The molecule has 21 heavy (non-hydrogen) atoms. The Morgan fingerprint density at radius 3 is 2.14 bits per heavy atom. The summed E-state index contributed by atoms with van der Waals surface area (Å²) in [5.41, 5.74) is 0.487. The van der Waals surface area contributed by atoms with E-state index in [1.165, 1.54) is 6.07 Å². The average molecular weight is 333 g/mol. The summed E-state index contributed by atoms with van der Waals surface area (Å²) in [4.78, 5) is 0.215. The highest BCUT2D eigenvalue weighted by atomic mass is 35.5. The SMILES string of the molecule is CCC(CC)(CC)NS(=O)(=O)c1ccc(CNC)c(Cl)c1. The van der Waals surface area contributed by atoms with Gasteiger partial charge in [0.25, 0.3) is 0 Å². The van der Waals surface area contributed by atoms with Gasteiger partial charge in [-0.3, -0.25) is 0 Å². The Bertz CT molecular complexity index is 561. The summed E-state index contributed by atoms with van der Waals surface area (Å²) in [6.45, 7) is 6.60. The van der Waals surface area contributed by atoms with E-state index in [1.54, 1.807) is 12.1 Å². The Morgan fingerprint density at radius 1 is 1.14 bits per heavy atom. The third-order valence-electron chi connectivity index (χ3n) is 4.08. The smallest absolute Gasteiger partial charge is 0.241 e. The molecule has 0 spiro atoms. The fraction of sp³-hybridized carbons (Fsp3) is 0.600. The van der Waals surface area contributed by atoms with Gasteiger partial charge in [0.05, 0.1) is 4.90 Å². The highest BCUT2D eigenvalue weighted by molar-refractivity contribution is 7.89. The van der Waals surface area contributed by atoms with Crippen LogP contribution in [0, 0.1) is 0 Å². The third kappa shape index (κ3) is 4.42. The molecule has 0 aliphatic heterocycles. The van der Waals surface area contributed by atoms with Gasteiger partial charge in [0.15, 0.2) is 0 Å². The standard InChI is InChI=1S/C15H25ClN2O2S/c1-5-15(6-2,7-3)18-21(19,20)13-9-8-12(11-17-4)14(16)10-13/h8-10,17-18H,5-7,11H2,1-4H3. The molecule has 120 valence electrons. The summed E-state index contributed by atoms with van der Waals surface area (Å²) in [6, 6.07) is 4.87. The zero-order valence-electron chi connectivity index (χ0n) is 13.2. The molecule has 0 aliphatic rings. The molecule has 0 unspecified atom stereocenters. The first kappa shape index (κ1) is 18.4. The van der Waals surface area contributed by atoms with Crippen LogP contribution in [0.5, 0.6) is 0 Å². The predicted molar refractivity (Wildman–Crippen MR) is 88.1 cm³/mol. The van der Waals surface area contributed by atoms with Crippen molar-refractivity contribution >= 4 is 21.6 Å². The normalized spacial score (nSPS) is 12.6. The lowest BCUT2D eigenvalue weighted by molar-refractivity contribution is 0.341. The number of rotatable bonds is 8. The molecule has 0 aliphatic carbocycles. The van der Waals surface area contributed by atoms with Gasteiger partial charge in [-0.15, -0.1) is 0 Å². The van der Waals surface area contributed by atoms with E-state index in [2.05, 4.69) is 10.0 Å². The zero-order valence-corrected chi connectivity index (χ0v) is 14.7. The monoisotopic (exact) mass is 332 g/mol. The summed E-state index contributed by atoms with van der Waals surface area (Å²) < 4.78 is 28.0. The number of halogens is 1. The molecule has 6 heteroatoms. The van der Waals surface area contributed by atoms with E-state index in [0.717, 1.165) is 24.8 Å². The van der Waals surface area contributed by atoms with Gasteiger partial charge in [-0.25, -0.2) is 13.1 Å². The molecule has 1 aromatic rings. The van der Waals surface area contributed by atoms with Crippen LogP contribution in [0.1, 0.15) is 45.6 Å². The number of hydrogen-bond donors (Lipinski definition) is 2. The number of benzene rings is 1. The first-order valence-electron chi connectivity index (χ1n) is 7.31. The lowest BCUT2D eigenvalue weighted by atomic mass is 9.91. The molecule has 1 aromatic carbocycles. The topological polar surface area (TPSA) is 58.2 Å². The van der Waals surface area contributed by atoms with E-state index in [1.807, 2.05) is 27.8 Å². The van der Waals surface area contributed by atoms with Crippen LogP contribution in [0.4, 0.5) is 0 Å². The van der Waals surface area contributed by atoms with Crippen LogP contribution in [-0.4, -0.2) is 21.0 Å². The largest absolute Gasteiger partial charge is 0.316 e. The van der Waals surface area contributed by atoms with Gasteiger partial charge in [0, 0.05) is 17.1 Å². The van der Waals surface area contributed by atoms with Crippen LogP contribution in [-0.2, 0) is 16.6 Å². The molecule has 0 heterocycles. The second kappa shape index (κ2) is 7.58. The van der Waals surface area contributed by atoms with Crippen LogP contribution in [0.3, 0.4) is 0 Å². The van der Waals surface area contributed by atoms with Gasteiger partial charge in [-0.2, -0.15) is 0 Å². The van der Waals surface area contributed by atoms with E-state index in [-0.39, 0.29) is 4.90 Å². The number of hydrogen-bond acceptors (Lipinski definition) is 3. The van der Waals surface area contributed by atoms with Crippen molar-refractivity contribution in [3.63, 3.8) is 0 Å². The Labute approximate surface area is 133 Å². The van der Waals surface area contributed by atoms with Gasteiger partial charge >= 0.3 is 0 Å². The maximum Gasteiger partial charge on any atom is 0.241 e. The molecular weight excluding hydrogens is 308 g/mol. The summed E-state index contributed by atoms with van der Waals surface area (Å²) >= 11 is 6.15. The van der Waals surface area contributed by atoms with E-state index in [4.69, 9.17) is 11.6 Å². The third-order valence-corrected chi connectivity index (χ3v) is 6.01. The molecule has 0 fully saturated rings. The molecule has 0 atom stereocenters. The molecule has 2 N–H and O–H groups in total. The van der Waals surface area contributed by atoms with E-state index in [9.17, 15) is 8.42 Å². The molecule has 0 aromatic heterocycles.